The molecule has 5 heteroatoms. The lowest BCUT2D eigenvalue weighted by molar-refractivity contribution is -0.131. The first-order valence-electron chi connectivity index (χ1n) is 2.95. The minimum atomic E-state index is -0.941. The van der Waals surface area contributed by atoms with Gasteiger partial charge in [-0.05, 0) is 44.0 Å². The highest BCUT2D eigenvalue weighted by Gasteiger charge is 2.01. The lowest BCUT2D eigenvalue weighted by Gasteiger charge is -1.84. The second kappa shape index (κ2) is 4.20. The zero-order valence-corrected chi connectivity index (χ0v) is 9.74. The summed E-state index contributed by atoms with van der Waals surface area (Å²) >= 11 is 8.12. The maximum Gasteiger partial charge on any atom is 0.328 e. The van der Waals surface area contributed by atoms with Crippen molar-refractivity contribution in [3.63, 3.8) is 0 Å². The molecular formula is C7H4Br2O2S. The normalized spacial score (nSPS) is 10.8. The van der Waals surface area contributed by atoms with Crippen LogP contribution in [-0.2, 0) is 4.79 Å². The van der Waals surface area contributed by atoms with E-state index in [1.54, 1.807) is 6.08 Å². The second-order valence-corrected chi connectivity index (χ2v) is 5.70. The highest BCUT2D eigenvalue weighted by atomic mass is 79.9. The quantitative estimate of drug-likeness (QED) is 0.850. The molecule has 0 aliphatic rings. The van der Waals surface area contributed by atoms with Crippen molar-refractivity contribution in [3.8, 4) is 0 Å². The zero-order chi connectivity index (χ0) is 9.14. The fraction of sp³-hybridized carbons (Fsp3) is 0. The van der Waals surface area contributed by atoms with Crippen LogP contribution in [0.3, 0.4) is 0 Å². The molecule has 12 heavy (non-hydrogen) atoms. The van der Waals surface area contributed by atoms with Gasteiger partial charge in [-0.15, -0.1) is 11.3 Å². The van der Waals surface area contributed by atoms with Gasteiger partial charge in [-0.2, -0.15) is 0 Å². The topological polar surface area (TPSA) is 37.3 Å². The molecule has 0 aromatic carbocycles. The summed E-state index contributed by atoms with van der Waals surface area (Å²) in [6.07, 6.45) is 2.66. The van der Waals surface area contributed by atoms with E-state index in [1.807, 2.05) is 6.07 Å². The molecule has 0 unspecified atom stereocenters. The van der Waals surface area contributed by atoms with Gasteiger partial charge in [0, 0.05) is 11.6 Å². The molecule has 0 atom stereocenters. The fourth-order valence-electron chi connectivity index (χ4n) is 0.628. The van der Waals surface area contributed by atoms with Crippen LogP contribution in [0.25, 0.3) is 6.08 Å². The molecule has 0 aliphatic heterocycles. The van der Waals surface area contributed by atoms with E-state index in [9.17, 15) is 4.79 Å². The summed E-state index contributed by atoms with van der Waals surface area (Å²) in [6.45, 7) is 0. The summed E-state index contributed by atoms with van der Waals surface area (Å²) in [5.74, 6) is -0.941. The summed E-state index contributed by atoms with van der Waals surface area (Å²) in [7, 11) is 0. The van der Waals surface area contributed by atoms with Crippen molar-refractivity contribution in [3.05, 3.63) is 25.3 Å². The number of rotatable bonds is 2. The van der Waals surface area contributed by atoms with Gasteiger partial charge in [0.25, 0.3) is 0 Å². The number of carbonyl (C=O) groups is 1. The lowest BCUT2D eigenvalue weighted by atomic mass is 10.3. The van der Waals surface area contributed by atoms with E-state index < -0.39 is 5.97 Å². The van der Waals surface area contributed by atoms with Gasteiger partial charge in [0.05, 0.1) is 7.57 Å². The molecule has 64 valence electrons. The van der Waals surface area contributed by atoms with Crippen molar-refractivity contribution in [1.82, 2.24) is 0 Å². The second-order valence-electron chi connectivity index (χ2n) is 1.95. The predicted molar refractivity (Wildman–Crippen MR) is 56.4 cm³/mol. The molecule has 1 heterocycles. The first-order chi connectivity index (χ1) is 5.59. The Labute approximate surface area is 90.2 Å². The standard InChI is InChI=1S/C7H4Br2O2S/c8-5-3-4(7(9)12-5)1-2-6(10)11/h1-3H,(H,10,11)/b2-1+. The maximum atomic E-state index is 10.2. The van der Waals surface area contributed by atoms with Crippen molar-refractivity contribution in [2.24, 2.45) is 0 Å². The van der Waals surface area contributed by atoms with Gasteiger partial charge < -0.3 is 5.11 Å². The molecule has 1 N–H and O–H groups in total. The Morgan fingerprint density at radius 1 is 1.58 bits per heavy atom. The van der Waals surface area contributed by atoms with Gasteiger partial charge >= 0.3 is 5.97 Å². The van der Waals surface area contributed by atoms with Crippen LogP contribution < -0.4 is 0 Å². The van der Waals surface area contributed by atoms with E-state index in [-0.39, 0.29) is 0 Å². The van der Waals surface area contributed by atoms with Crippen molar-refractivity contribution < 1.29 is 9.90 Å². The van der Waals surface area contributed by atoms with Crippen LogP contribution >= 0.6 is 43.2 Å². The molecule has 0 aliphatic carbocycles. The van der Waals surface area contributed by atoms with Crippen LogP contribution in [0.2, 0.25) is 0 Å². The third-order valence-electron chi connectivity index (χ3n) is 1.09. The monoisotopic (exact) mass is 310 g/mol. The number of hydrogen-bond donors (Lipinski definition) is 1. The average molecular weight is 312 g/mol. The molecule has 1 aromatic rings. The van der Waals surface area contributed by atoms with E-state index in [0.29, 0.717) is 0 Å². The first kappa shape index (κ1) is 9.95. The summed E-state index contributed by atoms with van der Waals surface area (Å²) in [4.78, 5) is 10.2. The molecule has 0 spiro atoms. The van der Waals surface area contributed by atoms with E-state index in [0.717, 1.165) is 19.2 Å². The van der Waals surface area contributed by atoms with Gasteiger partial charge in [0.2, 0.25) is 0 Å². The van der Waals surface area contributed by atoms with E-state index >= 15 is 0 Å². The number of halogens is 2. The average Bonchev–Trinajstić information content (AvgIpc) is 2.26. The number of carboxylic acid groups (broad SMARTS) is 1. The van der Waals surface area contributed by atoms with Crippen LogP contribution in [0.1, 0.15) is 5.56 Å². The Hall–Kier alpha value is -0.130. The highest BCUT2D eigenvalue weighted by molar-refractivity contribution is 9.12. The van der Waals surface area contributed by atoms with Gasteiger partial charge in [-0.25, -0.2) is 4.79 Å². The van der Waals surface area contributed by atoms with Crippen LogP contribution in [0.15, 0.2) is 19.7 Å². The zero-order valence-electron chi connectivity index (χ0n) is 5.75. The fourth-order valence-corrected chi connectivity index (χ4v) is 3.38. The van der Waals surface area contributed by atoms with E-state index in [1.165, 1.54) is 11.3 Å². The van der Waals surface area contributed by atoms with Gasteiger partial charge in [0.1, 0.15) is 0 Å². The van der Waals surface area contributed by atoms with Gasteiger partial charge in [0.15, 0.2) is 0 Å². The summed E-state index contributed by atoms with van der Waals surface area (Å²) < 4.78 is 1.89. The first-order valence-corrected chi connectivity index (χ1v) is 5.35. The SMILES string of the molecule is O=C(O)/C=C/c1cc(Br)sc1Br. The van der Waals surface area contributed by atoms with Crippen molar-refractivity contribution in [1.29, 1.82) is 0 Å². The largest absolute Gasteiger partial charge is 0.478 e. The molecule has 0 fully saturated rings. The number of thiophene rings is 1. The summed E-state index contributed by atoms with van der Waals surface area (Å²) in [6, 6.07) is 1.86. The van der Waals surface area contributed by atoms with Crippen LogP contribution in [0.4, 0.5) is 0 Å². The Morgan fingerprint density at radius 2 is 2.25 bits per heavy atom. The van der Waals surface area contributed by atoms with Crippen molar-refractivity contribution in [2.45, 2.75) is 0 Å². The van der Waals surface area contributed by atoms with Crippen molar-refractivity contribution in [2.75, 3.05) is 0 Å². The Kier molecular flexibility index (Phi) is 3.49. The molecule has 1 aromatic heterocycles. The molecular weight excluding hydrogens is 308 g/mol. The third kappa shape index (κ3) is 2.73. The van der Waals surface area contributed by atoms with Gasteiger partial charge in [-0.3, -0.25) is 0 Å². The Morgan fingerprint density at radius 3 is 2.67 bits per heavy atom. The Balaban J connectivity index is 2.89. The minimum absolute atomic E-state index is 0.870. The van der Waals surface area contributed by atoms with E-state index in [2.05, 4.69) is 31.9 Å². The van der Waals surface area contributed by atoms with Crippen LogP contribution in [0.5, 0.6) is 0 Å². The van der Waals surface area contributed by atoms with Gasteiger partial charge in [-0.1, -0.05) is 0 Å². The Bertz CT molecular complexity index is 330. The number of aliphatic carboxylic acids is 1. The van der Waals surface area contributed by atoms with Crippen molar-refractivity contribution >= 4 is 55.2 Å². The molecule has 0 radical (unpaired) electrons. The lowest BCUT2D eigenvalue weighted by Crippen LogP contribution is -1.84. The number of hydrogen-bond acceptors (Lipinski definition) is 2. The predicted octanol–water partition coefficient (Wildman–Crippen LogP) is 3.37. The minimum Gasteiger partial charge on any atom is -0.478 e. The molecule has 1 rings (SSSR count). The highest BCUT2D eigenvalue weighted by Crippen LogP contribution is 2.32. The molecule has 0 saturated heterocycles. The van der Waals surface area contributed by atoms with E-state index in [4.69, 9.17) is 5.11 Å². The molecule has 0 saturated carbocycles. The van der Waals surface area contributed by atoms with Crippen LogP contribution in [-0.4, -0.2) is 11.1 Å². The number of carboxylic acids is 1. The third-order valence-corrected chi connectivity index (χ3v) is 3.47. The smallest absolute Gasteiger partial charge is 0.328 e. The maximum absolute atomic E-state index is 10.2. The summed E-state index contributed by atoms with van der Waals surface area (Å²) in [5.41, 5.74) is 0.870. The van der Waals surface area contributed by atoms with Crippen LogP contribution in [0, 0.1) is 0 Å². The summed E-state index contributed by atoms with van der Waals surface area (Å²) in [5, 5.41) is 8.36. The molecule has 0 bridgehead atoms. The molecule has 2 nitrogen and oxygen atoms in total. The molecule has 0 amide bonds.